The number of hydrogen-bond donors (Lipinski definition) is 1. The second-order valence-corrected chi connectivity index (χ2v) is 19.2. The molecule has 0 aliphatic carbocycles. The van der Waals surface area contributed by atoms with E-state index in [2.05, 4.69) is 0 Å². The number of rotatable bonds is 15. The third kappa shape index (κ3) is 7.70. The number of fused-ring (bicyclic) bond motifs is 2. The lowest BCUT2D eigenvalue weighted by Gasteiger charge is -2.31. The molecule has 2 aliphatic rings. The topological polar surface area (TPSA) is 111 Å². The molecule has 0 radical (unpaired) electrons. The summed E-state index contributed by atoms with van der Waals surface area (Å²) >= 11 is 0. The highest BCUT2D eigenvalue weighted by Crippen LogP contribution is 2.61. The van der Waals surface area contributed by atoms with Gasteiger partial charge in [-0.25, -0.2) is 0 Å². The Labute approximate surface area is 339 Å². The summed E-state index contributed by atoms with van der Waals surface area (Å²) in [5, 5.41) is 9.93. The summed E-state index contributed by atoms with van der Waals surface area (Å²) < 4.78 is 23.7. The lowest BCUT2D eigenvalue weighted by atomic mass is 9.82. The highest BCUT2D eigenvalue weighted by Gasteiger charge is 2.67. The van der Waals surface area contributed by atoms with Gasteiger partial charge in [-0.3, -0.25) is 29.0 Å². The standard InChI is InChI=1S/C46H47FN4O6Si/c1-33-44(58(2,3)47)42(28-43(55)48(24-25-52)29-34-14-7-4-8-15-34)57-46(33)40-27-39(51(32-54)37-19-11-6-12-20-37)22-23-41(40)49(45(46)56)30-35-16-13-21-38(26-35)50(31-53)36-17-9-5-10-18-36/h4-23,26-27,31-33,42,44,52H,24-25,28-30H2,1-3H3/t33-,42+,44-,46+/m0/s1. The van der Waals surface area contributed by atoms with E-state index in [1.54, 1.807) is 53.2 Å². The minimum Gasteiger partial charge on any atom is -0.395 e. The smallest absolute Gasteiger partial charge is 0.264 e. The minimum atomic E-state index is -3.66. The summed E-state index contributed by atoms with van der Waals surface area (Å²) in [7, 11) is -3.66. The van der Waals surface area contributed by atoms with Crippen molar-refractivity contribution < 1.29 is 33.1 Å². The first kappa shape index (κ1) is 40.3. The van der Waals surface area contributed by atoms with Crippen molar-refractivity contribution in [2.45, 2.75) is 56.8 Å². The Kier molecular flexibility index (Phi) is 11.7. The van der Waals surface area contributed by atoms with Gasteiger partial charge < -0.3 is 23.8 Å². The second kappa shape index (κ2) is 16.9. The molecular weight excluding hydrogens is 752 g/mol. The zero-order valence-electron chi connectivity index (χ0n) is 32.8. The lowest BCUT2D eigenvalue weighted by molar-refractivity contribution is -0.150. The first-order chi connectivity index (χ1) is 28.0. The molecule has 10 nitrogen and oxygen atoms in total. The molecule has 1 fully saturated rings. The summed E-state index contributed by atoms with van der Waals surface area (Å²) in [6, 6.07) is 40.4. The number of halogens is 1. The number of carbonyl (C=O) groups is 4. The highest BCUT2D eigenvalue weighted by atomic mass is 28.4. The number of amides is 4. The molecule has 0 saturated carbocycles. The van der Waals surface area contributed by atoms with E-state index in [9.17, 15) is 19.5 Å². The average Bonchev–Trinajstić information content (AvgIpc) is 3.65. The van der Waals surface area contributed by atoms with Crippen molar-refractivity contribution in [3.8, 4) is 0 Å². The normalized spacial score (nSPS) is 19.8. The Morgan fingerprint density at radius 3 is 1.91 bits per heavy atom. The van der Waals surface area contributed by atoms with E-state index >= 15 is 8.90 Å². The fraction of sp³-hybridized carbons (Fsp3) is 0.261. The van der Waals surface area contributed by atoms with E-state index in [0.717, 1.165) is 17.5 Å². The molecule has 58 heavy (non-hydrogen) atoms. The van der Waals surface area contributed by atoms with Crippen molar-refractivity contribution in [1.29, 1.82) is 0 Å². The van der Waals surface area contributed by atoms with Crippen LogP contribution in [0.3, 0.4) is 0 Å². The van der Waals surface area contributed by atoms with Crippen LogP contribution in [0.25, 0.3) is 0 Å². The Hall–Kier alpha value is -5.95. The fourth-order valence-electron chi connectivity index (χ4n) is 8.77. The number of ether oxygens (including phenoxy) is 1. The third-order valence-electron chi connectivity index (χ3n) is 11.3. The van der Waals surface area contributed by atoms with Gasteiger partial charge in [0.25, 0.3) is 5.91 Å². The third-order valence-corrected chi connectivity index (χ3v) is 13.8. The number of nitrogens with zero attached hydrogens (tertiary/aromatic N) is 4. The number of benzene rings is 5. The summed E-state index contributed by atoms with van der Waals surface area (Å²) in [5.41, 5.74) is 2.56. The molecule has 2 aliphatic heterocycles. The van der Waals surface area contributed by atoms with Gasteiger partial charge in [0, 0.05) is 52.9 Å². The summed E-state index contributed by atoms with van der Waals surface area (Å²) in [4.78, 5) is 60.6. The first-order valence-electron chi connectivity index (χ1n) is 19.4. The summed E-state index contributed by atoms with van der Waals surface area (Å²) in [6.45, 7) is 5.16. The number of aliphatic hydroxyl groups is 1. The van der Waals surface area contributed by atoms with E-state index < -0.39 is 37.5 Å². The number of para-hydroxylation sites is 2. The number of anilines is 5. The van der Waals surface area contributed by atoms with Gasteiger partial charge in [0.15, 0.2) is 5.60 Å². The predicted octanol–water partition coefficient (Wildman–Crippen LogP) is 8.01. The molecule has 1 saturated heterocycles. The van der Waals surface area contributed by atoms with E-state index in [1.807, 2.05) is 110 Å². The summed E-state index contributed by atoms with van der Waals surface area (Å²) in [5.74, 6) is -1.43. The molecule has 4 amide bonds. The van der Waals surface area contributed by atoms with Crippen molar-refractivity contribution in [3.63, 3.8) is 0 Å². The van der Waals surface area contributed by atoms with Crippen molar-refractivity contribution in [1.82, 2.24) is 4.90 Å². The second-order valence-electron chi connectivity index (χ2n) is 15.4. The van der Waals surface area contributed by atoms with Gasteiger partial charge in [-0.05, 0) is 78.8 Å². The van der Waals surface area contributed by atoms with E-state index in [-0.39, 0.29) is 38.6 Å². The van der Waals surface area contributed by atoms with Gasteiger partial charge in [0.1, 0.15) is 0 Å². The van der Waals surface area contributed by atoms with E-state index in [4.69, 9.17) is 4.74 Å². The Bertz CT molecular complexity index is 2260. The predicted molar refractivity (Wildman–Crippen MR) is 225 cm³/mol. The molecule has 5 aromatic rings. The lowest BCUT2D eigenvalue weighted by Crippen LogP contribution is -2.45. The molecule has 5 aromatic carbocycles. The Morgan fingerprint density at radius 1 is 0.793 bits per heavy atom. The van der Waals surface area contributed by atoms with Crippen LogP contribution in [-0.2, 0) is 42.6 Å². The Balaban J connectivity index is 1.30. The van der Waals surface area contributed by atoms with Crippen LogP contribution < -0.4 is 14.7 Å². The van der Waals surface area contributed by atoms with Crippen LogP contribution in [0.4, 0.5) is 32.5 Å². The van der Waals surface area contributed by atoms with Gasteiger partial charge in [-0.2, -0.15) is 0 Å². The van der Waals surface area contributed by atoms with Crippen molar-refractivity contribution in [3.05, 3.63) is 150 Å². The SMILES string of the molecule is C[C@H]1[C@H]([Si](C)(C)F)[C@@H](CC(=O)N(CCO)Cc2ccccc2)O[C@]12C(=O)N(Cc1cccc(N(C=O)c3ccccc3)c1)c1ccc(N(C=O)c3ccccc3)cc12. The van der Waals surface area contributed by atoms with Crippen LogP contribution in [-0.4, -0.2) is 62.3 Å². The van der Waals surface area contributed by atoms with Crippen LogP contribution in [0.2, 0.25) is 18.6 Å². The van der Waals surface area contributed by atoms with Gasteiger partial charge in [0.2, 0.25) is 27.1 Å². The minimum absolute atomic E-state index is 0.0764. The number of hydrogen-bond acceptors (Lipinski definition) is 6. The maximum atomic E-state index is 16.8. The molecule has 7 rings (SSSR count). The zero-order chi connectivity index (χ0) is 41.0. The van der Waals surface area contributed by atoms with Gasteiger partial charge in [-0.15, -0.1) is 0 Å². The van der Waals surface area contributed by atoms with Gasteiger partial charge in [0.05, 0.1) is 31.4 Å². The van der Waals surface area contributed by atoms with Crippen LogP contribution in [0.1, 0.15) is 30.0 Å². The molecule has 1 spiro atoms. The van der Waals surface area contributed by atoms with Crippen LogP contribution in [0, 0.1) is 5.92 Å². The van der Waals surface area contributed by atoms with Gasteiger partial charge in [-0.1, -0.05) is 85.8 Å². The molecule has 12 heteroatoms. The van der Waals surface area contributed by atoms with Crippen LogP contribution in [0.5, 0.6) is 0 Å². The monoisotopic (exact) mass is 798 g/mol. The Morgan fingerprint density at radius 2 is 1.34 bits per heavy atom. The maximum absolute atomic E-state index is 16.8. The molecule has 298 valence electrons. The van der Waals surface area contributed by atoms with Crippen LogP contribution >= 0.6 is 0 Å². The first-order valence-corrected chi connectivity index (χ1v) is 22.4. The average molecular weight is 799 g/mol. The molecule has 2 heterocycles. The van der Waals surface area contributed by atoms with E-state index in [1.165, 1.54) is 9.80 Å². The molecule has 1 N–H and O–H groups in total. The fourth-order valence-corrected chi connectivity index (χ4v) is 11.3. The van der Waals surface area contributed by atoms with E-state index in [0.29, 0.717) is 40.4 Å². The molecule has 0 bridgehead atoms. The maximum Gasteiger partial charge on any atom is 0.264 e. The van der Waals surface area contributed by atoms with Gasteiger partial charge >= 0.3 is 0 Å². The van der Waals surface area contributed by atoms with Crippen molar-refractivity contribution in [2.24, 2.45) is 5.92 Å². The summed E-state index contributed by atoms with van der Waals surface area (Å²) in [6.07, 6.45) is 0.295. The zero-order valence-corrected chi connectivity index (χ0v) is 33.8. The van der Waals surface area contributed by atoms with Crippen LogP contribution in [0.15, 0.2) is 133 Å². The molecule has 0 unspecified atom stereocenters. The molecule has 0 aromatic heterocycles. The quantitative estimate of drug-likeness (QED) is 0.0653. The number of carbonyl (C=O) groups excluding carboxylic acids is 4. The largest absolute Gasteiger partial charge is 0.395 e. The number of aliphatic hydroxyl groups excluding tert-OH is 1. The highest BCUT2D eigenvalue weighted by molar-refractivity contribution is 6.72. The van der Waals surface area contributed by atoms with Crippen molar-refractivity contribution in [2.75, 3.05) is 27.9 Å². The molecular formula is C46H47FN4O6Si. The molecule has 4 atom stereocenters. The van der Waals surface area contributed by atoms with Crippen molar-refractivity contribution >= 4 is 61.5 Å².